The molecule has 7 heteroatoms. The van der Waals surface area contributed by atoms with Crippen LogP contribution in [0, 0.1) is 6.92 Å². The van der Waals surface area contributed by atoms with E-state index in [-0.39, 0.29) is 11.9 Å². The first-order valence-corrected chi connectivity index (χ1v) is 9.58. The summed E-state index contributed by atoms with van der Waals surface area (Å²) in [6, 6.07) is 7.59. The van der Waals surface area contributed by atoms with Crippen molar-refractivity contribution < 1.29 is 13.2 Å². The molecule has 1 aliphatic heterocycles. The Morgan fingerprint density at radius 3 is 2.95 bits per heavy atom. The molecule has 0 spiro atoms. The smallest absolute Gasteiger partial charge is 0.218 e. The Morgan fingerprint density at radius 1 is 1.41 bits per heavy atom. The van der Waals surface area contributed by atoms with Gasteiger partial charge in [0.15, 0.2) is 0 Å². The lowest BCUT2D eigenvalue weighted by atomic mass is 10.1. The average molecular weight is 338 g/mol. The third-order valence-corrected chi connectivity index (χ3v) is 6.41. The number of benzene rings is 1. The van der Waals surface area contributed by atoms with Crippen molar-refractivity contribution in [2.75, 3.05) is 19.7 Å². The summed E-state index contributed by atoms with van der Waals surface area (Å²) in [6.07, 6.45) is 1.45. The van der Waals surface area contributed by atoms with Crippen molar-refractivity contribution in [1.82, 2.24) is 9.29 Å². The number of thiazole rings is 1. The molecule has 2 aromatic rings. The molecule has 1 aromatic heterocycles. The van der Waals surface area contributed by atoms with E-state index in [0.717, 1.165) is 16.1 Å². The van der Waals surface area contributed by atoms with Gasteiger partial charge in [-0.15, -0.1) is 11.3 Å². The maximum atomic E-state index is 12.7. The normalized spacial score (nSPS) is 20.1. The van der Waals surface area contributed by atoms with Crippen LogP contribution >= 0.6 is 11.3 Å². The fraction of sp³-hybridized carbons (Fsp3) is 0.400. The van der Waals surface area contributed by atoms with Crippen LogP contribution < -0.4 is 0 Å². The molecule has 0 N–H and O–H groups in total. The highest BCUT2D eigenvalue weighted by molar-refractivity contribution is 7.88. The molecule has 1 aliphatic rings. The standard InChI is InChI=1S/C15H18N2O3S2/c1-12-4-2-3-5-13(12)11-22(18,19)17-7-8-20-14(10-17)15-16-6-9-21-15/h2-6,9,14H,7-8,10-11H2,1H3. The quantitative estimate of drug-likeness (QED) is 0.859. The van der Waals surface area contributed by atoms with Crippen LogP contribution in [0.5, 0.6) is 0 Å². The van der Waals surface area contributed by atoms with Crippen LogP contribution in [0.1, 0.15) is 22.2 Å². The number of aryl methyl sites for hydroxylation is 1. The van der Waals surface area contributed by atoms with Crippen LogP contribution in [0.15, 0.2) is 35.8 Å². The summed E-state index contributed by atoms with van der Waals surface area (Å²) in [4.78, 5) is 4.23. The highest BCUT2D eigenvalue weighted by atomic mass is 32.2. The molecular formula is C15H18N2O3S2. The molecule has 0 saturated carbocycles. The summed E-state index contributed by atoms with van der Waals surface area (Å²) in [5, 5.41) is 2.70. The van der Waals surface area contributed by atoms with Crippen molar-refractivity contribution in [2.45, 2.75) is 18.8 Å². The van der Waals surface area contributed by atoms with Crippen molar-refractivity contribution >= 4 is 21.4 Å². The molecule has 22 heavy (non-hydrogen) atoms. The number of sulfonamides is 1. The Hall–Kier alpha value is -1.28. The Labute approximate surface area is 134 Å². The van der Waals surface area contributed by atoms with Crippen molar-refractivity contribution in [3.63, 3.8) is 0 Å². The zero-order chi connectivity index (χ0) is 15.6. The number of morpholine rings is 1. The molecule has 1 saturated heterocycles. The number of hydrogen-bond donors (Lipinski definition) is 0. The van der Waals surface area contributed by atoms with Gasteiger partial charge in [-0.25, -0.2) is 13.4 Å². The Kier molecular flexibility index (Phi) is 4.58. The van der Waals surface area contributed by atoms with Crippen molar-refractivity contribution in [3.8, 4) is 0 Å². The third-order valence-electron chi connectivity index (χ3n) is 3.75. The summed E-state index contributed by atoms with van der Waals surface area (Å²) < 4.78 is 32.5. The predicted octanol–water partition coefficient (Wildman–Crippen LogP) is 2.35. The van der Waals surface area contributed by atoms with E-state index in [1.165, 1.54) is 15.6 Å². The monoisotopic (exact) mass is 338 g/mol. The van der Waals surface area contributed by atoms with Crippen LogP contribution in [-0.4, -0.2) is 37.4 Å². The van der Waals surface area contributed by atoms with E-state index in [1.54, 1.807) is 6.20 Å². The van der Waals surface area contributed by atoms with Gasteiger partial charge in [0.2, 0.25) is 10.0 Å². The van der Waals surface area contributed by atoms with Crippen LogP contribution in [-0.2, 0) is 20.5 Å². The van der Waals surface area contributed by atoms with Gasteiger partial charge < -0.3 is 4.74 Å². The van der Waals surface area contributed by atoms with E-state index in [2.05, 4.69) is 4.98 Å². The van der Waals surface area contributed by atoms with Gasteiger partial charge in [0.1, 0.15) is 11.1 Å². The highest BCUT2D eigenvalue weighted by Crippen LogP contribution is 2.26. The van der Waals surface area contributed by atoms with Crippen LogP contribution in [0.2, 0.25) is 0 Å². The van der Waals surface area contributed by atoms with Crippen molar-refractivity contribution in [1.29, 1.82) is 0 Å². The molecule has 118 valence electrons. The minimum Gasteiger partial charge on any atom is -0.368 e. The van der Waals surface area contributed by atoms with Gasteiger partial charge in [0.05, 0.1) is 12.4 Å². The average Bonchev–Trinajstić information content (AvgIpc) is 3.04. The highest BCUT2D eigenvalue weighted by Gasteiger charge is 2.31. The van der Waals surface area contributed by atoms with E-state index in [1.807, 2.05) is 36.6 Å². The summed E-state index contributed by atoms with van der Waals surface area (Å²) in [5.41, 5.74) is 1.84. The topological polar surface area (TPSA) is 59.5 Å². The number of aromatic nitrogens is 1. The maximum absolute atomic E-state index is 12.7. The first-order valence-electron chi connectivity index (χ1n) is 7.09. The summed E-state index contributed by atoms with van der Waals surface area (Å²) in [6.45, 7) is 3.07. The lowest BCUT2D eigenvalue weighted by Crippen LogP contribution is -2.42. The van der Waals surface area contributed by atoms with Crippen LogP contribution in [0.4, 0.5) is 0 Å². The lowest BCUT2D eigenvalue weighted by molar-refractivity contribution is -0.00270. The fourth-order valence-corrected chi connectivity index (χ4v) is 4.77. The Morgan fingerprint density at radius 2 is 2.23 bits per heavy atom. The lowest BCUT2D eigenvalue weighted by Gasteiger charge is -2.31. The molecular weight excluding hydrogens is 320 g/mol. The number of rotatable bonds is 4. The Bertz CT molecular complexity index is 729. The van der Waals surface area contributed by atoms with Gasteiger partial charge in [0.25, 0.3) is 0 Å². The molecule has 1 aromatic carbocycles. The minimum absolute atomic E-state index is 0.0320. The molecule has 0 amide bonds. The van der Waals surface area contributed by atoms with E-state index in [0.29, 0.717) is 19.7 Å². The van der Waals surface area contributed by atoms with E-state index in [4.69, 9.17) is 4.74 Å². The summed E-state index contributed by atoms with van der Waals surface area (Å²) >= 11 is 1.49. The first kappa shape index (κ1) is 15.6. The van der Waals surface area contributed by atoms with E-state index in [9.17, 15) is 8.42 Å². The molecule has 1 unspecified atom stereocenters. The fourth-order valence-electron chi connectivity index (χ4n) is 2.48. The molecule has 5 nitrogen and oxygen atoms in total. The minimum atomic E-state index is -3.35. The van der Waals surface area contributed by atoms with Crippen LogP contribution in [0.25, 0.3) is 0 Å². The van der Waals surface area contributed by atoms with E-state index >= 15 is 0 Å². The van der Waals surface area contributed by atoms with Gasteiger partial charge in [-0.2, -0.15) is 4.31 Å². The van der Waals surface area contributed by atoms with Gasteiger partial charge in [0, 0.05) is 24.7 Å². The molecule has 0 aliphatic carbocycles. The molecule has 2 heterocycles. The number of hydrogen-bond acceptors (Lipinski definition) is 5. The van der Waals surface area contributed by atoms with Crippen LogP contribution in [0.3, 0.4) is 0 Å². The number of nitrogens with zero attached hydrogens (tertiary/aromatic N) is 2. The zero-order valence-corrected chi connectivity index (χ0v) is 13.9. The second-order valence-corrected chi connectivity index (χ2v) is 8.17. The predicted molar refractivity (Wildman–Crippen MR) is 86.2 cm³/mol. The van der Waals surface area contributed by atoms with Crippen molar-refractivity contribution in [2.24, 2.45) is 0 Å². The third kappa shape index (κ3) is 3.38. The van der Waals surface area contributed by atoms with Gasteiger partial charge in [-0.05, 0) is 18.1 Å². The molecule has 0 bridgehead atoms. The number of ether oxygens (including phenoxy) is 1. The molecule has 1 fully saturated rings. The molecule has 0 radical (unpaired) electrons. The maximum Gasteiger partial charge on any atom is 0.218 e. The largest absolute Gasteiger partial charge is 0.368 e. The van der Waals surface area contributed by atoms with Crippen molar-refractivity contribution in [3.05, 3.63) is 52.0 Å². The van der Waals surface area contributed by atoms with Gasteiger partial charge >= 0.3 is 0 Å². The second kappa shape index (κ2) is 6.45. The van der Waals surface area contributed by atoms with E-state index < -0.39 is 10.0 Å². The van der Waals surface area contributed by atoms with Gasteiger partial charge in [-0.1, -0.05) is 24.3 Å². The Balaban J connectivity index is 1.76. The second-order valence-electron chi connectivity index (χ2n) is 5.27. The summed E-state index contributed by atoms with van der Waals surface area (Å²) in [5.74, 6) is 0.0320. The molecule has 1 atom stereocenters. The van der Waals surface area contributed by atoms with Gasteiger partial charge in [-0.3, -0.25) is 0 Å². The SMILES string of the molecule is Cc1ccccc1CS(=O)(=O)N1CCOC(c2nccs2)C1. The first-order chi connectivity index (χ1) is 10.6. The molecule has 3 rings (SSSR count). The zero-order valence-electron chi connectivity index (χ0n) is 12.3. The summed E-state index contributed by atoms with van der Waals surface area (Å²) in [7, 11) is -3.35.